The number of rotatable bonds is 3. The van der Waals surface area contributed by atoms with Crippen LogP contribution in [-0.2, 0) is 4.74 Å². The summed E-state index contributed by atoms with van der Waals surface area (Å²) in [5.41, 5.74) is 1.18. The first-order chi connectivity index (χ1) is 12.7. The number of furan rings is 1. The van der Waals surface area contributed by atoms with Crippen LogP contribution >= 0.6 is 22.6 Å². The quantitative estimate of drug-likeness (QED) is 0.703. The highest BCUT2D eigenvalue weighted by Crippen LogP contribution is 2.41. The maximum atomic E-state index is 9.01. The van der Waals surface area contributed by atoms with Gasteiger partial charge in [0.2, 0.25) is 5.76 Å². The Labute approximate surface area is 166 Å². The zero-order chi connectivity index (χ0) is 17.7. The van der Waals surface area contributed by atoms with E-state index in [-0.39, 0.29) is 0 Å². The first-order valence-electron chi connectivity index (χ1n) is 9.22. The van der Waals surface area contributed by atoms with Gasteiger partial charge in [-0.05, 0) is 48.3 Å². The molecule has 26 heavy (non-hydrogen) atoms. The van der Waals surface area contributed by atoms with Crippen LogP contribution in [0.4, 0.5) is 5.82 Å². The van der Waals surface area contributed by atoms with Gasteiger partial charge in [-0.1, -0.05) is 0 Å². The third-order valence-electron chi connectivity index (χ3n) is 6.07. The summed E-state index contributed by atoms with van der Waals surface area (Å²) >= 11 is 2.29. The van der Waals surface area contributed by atoms with Gasteiger partial charge in [0.05, 0.1) is 23.0 Å². The normalized spacial score (nSPS) is 27.7. The van der Waals surface area contributed by atoms with Gasteiger partial charge in [-0.3, -0.25) is 4.90 Å². The molecule has 2 aromatic rings. The maximum absolute atomic E-state index is 9.01. The lowest BCUT2D eigenvalue weighted by molar-refractivity contribution is -0.200. The van der Waals surface area contributed by atoms with Crippen molar-refractivity contribution in [1.82, 2.24) is 9.88 Å². The van der Waals surface area contributed by atoms with Crippen LogP contribution in [0.2, 0.25) is 0 Å². The fraction of sp³-hybridized carbons (Fsp3) is 0.579. The third kappa shape index (κ3) is 2.79. The largest absolute Gasteiger partial charge is 0.444 e. The molecule has 5 rings (SSSR count). The van der Waals surface area contributed by atoms with Gasteiger partial charge in [-0.15, -0.1) is 0 Å². The van der Waals surface area contributed by atoms with Crippen LogP contribution < -0.4 is 5.32 Å². The number of aromatic nitrogens is 1. The second-order valence-corrected chi connectivity index (χ2v) is 9.05. The van der Waals surface area contributed by atoms with Gasteiger partial charge >= 0.3 is 0 Å². The summed E-state index contributed by atoms with van der Waals surface area (Å²) in [6, 6.07) is 5.05. The van der Waals surface area contributed by atoms with Crippen LogP contribution in [0.1, 0.15) is 31.4 Å². The number of hydrogen-bond donors (Lipinski definition) is 1. The van der Waals surface area contributed by atoms with Crippen molar-refractivity contribution in [3.05, 3.63) is 21.6 Å². The van der Waals surface area contributed by atoms with Crippen LogP contribution in [0.5, 0.6) is 0 Å². The Balaban J connectivity index is 1.21. The smallest absolute Gasteiger partial charge is 0.204 e. The summed E-state index contributed by atoms with van der Waals surface area (Å²) < 4.78 is 11.9. The van der Waals surface area contributed by atoms with Crippen molar-refractivity contribution in [1.29, 1.82) is 5.26 Å². The Hall–Kier alpha value is -1.37. The van der Waals surface area contributed by atoms with E-state index in [0.717, 1.165) is 34.0 Å². The summed E-state index contributed by atoms with van der Waals surface area (Å²) in [5.74, 6) is 1.24. The summed E-state index contributed by atoms with van der Waals surface area (Å²) in [4.78, 5) is 7.18. The minimum Gasteiger partial charge on any atom is -0.444 e. The second-order valence-electron chi connectivity index (χ2n) is 7.97. The summed E-state index contributed by atoms with van der Waals surface area (Å²) in [7, 11) is 0. The van der Waals surface area contributed by atoms with E-state index in [2.05, 4.69) is 43.9 Å². The highest BCUT2D eigenvalue weighted by Gasteiger charge is 2.50. The summed E-state index contributed by atoms with van der Waals surface area (Å²) in [5, 5.41) is 13.6. The van der Waals surface area contributed by atoms with Crippen molar-refractivity contribution in [3.8, 4) is 6.07 Å². The zero-order valence-electron chi connectivity index (χ0n) is 14.5. The van der Waals surface area contributed by atoms with Crippen molar-refractivity contribution in [3.63, 3.8) is 0 Å². The fourth-order valence-corrected chi connectivity index (χ4v) is 5.28. The number of anilines is 1. The number of pyridine rings is 1. The Bertz CT molecular complexity index is 870. The number of nitrogens with zero attached hydrogens (tertiary/aromatic N) is 3. The van der Waals surface area contributed by atoms with Crippen LogP contribution in [-0.4, -0.2) is 48.3 Å². The second kappa shape index (κ2) is 6.36. The molecule has 0 radical (unpaired) electrons. The highest BCUT2D eigenvalue weighted by molar-refractivity contribution is 14.1. The predicted octanol–water partition coefficient (Wildman–Crippen LogP) is 3.36. The number of hydrogen-bond acceptors (Lipinski definition) is 6. The molecule has 2 aliphatic heterocycles. The lowest BCUT2D eigenvalue weighted by Crippen LogP contribution is -2.68. The number of fused-ring (bicyclic) bond motifs is 1. The molecule has 3 fully saturated rings. The Morgan fingerprint density at radius 1 is 1.27 bits per heavy atom. The lowest BCUT2D eigenvalue weighted by atomic mass is 9.75. The molecule has 1 spiro atoms. The zero-order valence-corrected chi connectivity index (χ0v) is 16.7. The molecule has 0 unspecified atom stereocenters. The molecular weight excluding hydrogens is 443 g/mol. The van der Waals surface area contributed by atoms with Gasteiger partial charge in [0.1, 0.15) is 11.9 Å². The molecule has 0 bridgehead atoms. The van der Waals surface area contributed by atoms with Crippen LogP contribution in [0.25, 0.3) is 11.0 Å². The average molecular weight is 464 g/mol. The molecule has 1 saturated carbocycles. The number of nitriles is 1. The molecule has 2 aromatic heterocycles. The van der Waals surface area contributed by atoms with Crippen molar-refractivity contribution in [2.75, 3.05) is 31.6 Å². The van der Waals surface area contributed by atoms with E-state index >= 15 is 0 Å². The molecule has 1 N–H and O–H groups in total. The topological polar surface area (TPSA) is 74.3 Å². The van der Waals surface area contributed by atoms with E-state index in [0.29, 0.717) is 22.8 Å². The first kappa shape index (κ1) is 16.8. The van der Waals surface area contributed by atoms with Crippen molar-refractivity contribution in [2.24, 2.45) is 5.41 Å². The molecular formula is C19H21IN4O2. The van der Waals surface area contributed by atoms with Gasteiger partial charge in [-0.2, -0.15) is 5.26 Å². The third-order valence-corrected chi connectivity index (χ3v) is 7.17. The molecule has 6 nitrogen and oxygen atoms in total. The lowest BCUT2D eigenvalue weighted by Gasteiger charge is -2.58. The van der Waals surface area contributed by atoms with Gasteiger partial charge in [0.25, 0.3) is 0 Å². The van der Waals surface area contributed by atoms with Crippen LogP contribution in [0.15, 0.2) is 16.7 Å². The number of likely N-dealkylation sites (tertiary alicyclic amines) is 1. The van der Waals surface area contributed by atoms with E-state index in [9.17, 15) is 0 Å². The van der Waals surface area contributed by atoms with E-state index in [1.165, 1.54) is 38.8 Å². The molecule has 2 saturated heterocycles. The standard InChI is InChI=1S/C19H21IN4O2/c20-17-15-5-14(6-21)26-16(15)7-22-18(17)23-12-1-3-13(4-2-12)24-8-19(9-24)10-25-11-19/h5,7,12-13H,1-4,8-11H2,(H,22,23). The van der Waals surface area contributed by atoms with Crippen molar-refractivity contribution in [2.45, 2.75) is 37.8 Å². The summed E-state index contributed by atoms with van der Waals surface area (Å²) in [6.07, 6.45) is 6.56. The molecule has 0 atom stereocenters. The van der Waals surface area contributed by atoms with E-state index in [4.69, 9.17) is 14.4 Å². The van der Waals surface area contributed by atoms with Crippen molar-refractivity contribution >= 4 is 39.4 Å². The Kier molecular flexibility index (Phi) is 4.10. The number of ether oxygens (including phenoxy) is 1. The Morgan fingerprint density at radius 3 is 2.69 bits per heavy atom. The van der Waals surface area contributed by atoms with E-state index in [1.807, 2.05) is 0 Å². The van der Waals surface area contributed by atoms with Gasteiger partial charge in [0.15, 0.2) is 5.58 Å². The van der Waals surface area contributed by atoms with Gasteiger partial charge in [-0.25, -0.2) is 4.98 Å². The SMILES string of the molecule is N#Cc1cc2c(I)c(NC3CCC(N4CC5(COC5)C4)CC3)ncc2o1. The Morgan fingerprint density at radius 2 is 2.04 bits per heavy atom. The minimum atomic E-state index is 0.335. The van der Waals surface area contributed by atoms with Gasteiger partial charge in [0, 0.05) is 42.0 Å². The minimum absolute atomic E-state index is 0.335. The molecule has 0 amide bonds. The average Bonchev–Trinajstić information content (AvgIpc) is 3.01. The predicted molar refractivity (Wildman–Crippen MR) is 106 cm³/mol. The molecule has 4 heterocycles. The van der Waals surface area contributed by atoms with E-state index < -0.39 is 0 Å². The van der Waals surface area contributed by atoms with E-state index in [1.54, 1.807) is 12.3 Å². The molecule has 0 aromatic carbocycles. The monoisotopic (exact) mass is 464 g/mol. The van der Waals surface area contributed by atoms with Gasteiger partial charge < -0.3 is 14.5 Å². The fourth-order valence-electron chi connectivity index (χ4n) is 4.56. The summed E-state index contributed by atoms with van der Waals surface area (Å²) in [6.45, 7) is 4.39. The van der Waals surface area contributed by atoms with Crippen molar-refractivity contribution < 1.29 is 9.15 Å². The first-order valence-corrected chi connectivity index (χ1v) is 10.3. The number of nitrogens with one attached hydrogen (secondary N) is 1. The highest BCUT2D eigenvalue weighted by atomic mass is 127. The molecule has 3 aliphatic rings. The van der Waals surface area contributed by atoms with Crippen LogP contribution in [0.3, 0.4) is 0 Å². The molecule has 1 aliphatic carbocycles. The number of halogens is 1. The molecule has 7 heteroatoms. The van der Waals surface area contributed by atoms with Crippen LogP contribution in [0, 0.1) is 20.3 Å². The maximum Gasteiger partial charge on any atom is 0.204 e. The molecule has 136 valence electrons.